The molecule has 2 aromatic carbocycles. The summed E-state index contributed by atoms with van der Waals surface area (Å²) in [7, 11) is -4.04. The van der Waals surface area contributed by atoms with Gasteiger partial charge in [-0.25, -0.2) is 27.2 Å². The summed E-state index contributed by atoms with van der Waals surface area (Å²) in [5, 5.41) is 0. The van der Waals surface area contributed by atoms with Gasteiger partial charge >= 0.3 is 0 Å². The van der Waals surface area contributed by atoms with Crippen LogP contribution < -0.4 is 9.21 Å². The van der Waals surface area contributed by atoms with Crippen LogP contribution in [0.4, 0.5) is 20.4 Å². The van der Waals surface area contributed by atoms with Crippen LogP contribution in [0.25, 0.3) is 0 Å². The van der Waals surface area contributed by atoms with E-state index in [2.05, 4.69) is 14.9 Å². The summed E-state index contributed by atoms with van der Waals surface area (Å²) in [5.41, 5.74) is 0.863. The Bertz CT molecular complexity index is 1120. The lowest BCUT2D eigenvalue weighted by Gasteiger charge is -2.28. The topological polar surface area (TPSA) is 66.4 Å². The highest BCUT2D eigenvalue weighted by Gasteiger charge is 2.26. The van der Waals surface area contributed by atoms with E-state index in [4.69, 9.17) is 0 Å². The third kappa shape index (κ3) is 4.82. The smallest absolute Gasteiger partial charge is 0.264 e. The number of nitrogens with zero attached hydrogens (tertiary/aromatic N) is 4. The molecule has 1 aromatic heterocycles. The summed E-state index contributed by atoms with van der Waals surface area (Å²) in [5.74, 6) is -0.381. The van der Waals surface area contributed by atoms with Crippen molar-refractivity contribution in [2.24, 2.45) is 0 Å². The van der Waals surface area contributed by atoms with Gasteiger partial charge in [-0.15, -0.1) is 0 Å². The molecule has 1 saturated heterocycles. The Morgan fingerprint density at radius 2 is 1.39 bits per heavy atom. The van der Waals surface area contributed by atoms with Gasteiger partial charge in [-0.1, -0.05) is 12.1 Å². The van der Waals surface area contributed by atoms with Crippen molar-refractivity contribution in [2.45, 2.75) is 30.7 Å². The second-order valence-corrected chi connectivity index (χ2v) is 9.24. The van der Waals surface area contributed by atoms with Crippen molar-refractivity contribution in [3.05, 3.63) is 78.1 Å². The lowest BCUT2D eigenvalue weighted by molar-refractivity contribution is 0.568. The van der Waals surface area contributed by atoms with E-state index >= 15 is 0 Å². The zero-order valence-corrected chi connectivity index (χ0v) is 17.6. The van der Waals surface area contributed by atoms with Crippen LogP contribution in [0.2, 0.25) is 0 Å². The number of hydrogen-bond acceptors (Lipinski definition) is 5. The lowest BCUT2D eigenvalue weighted by atomic mass is 10.1. The number of halogens is 2. The number of aromatic nitrogens is 2. The third-order valence-electron chi connectivity index (χ3n) is 5.19. The number of hydrogen-bond donors (Lipinski definition) is 0. The van der Waals surface area contributed by atoms with Gasteiger partial charge in [0, 0.05) is 13.1 Å². The van der Waals surface area contributed by atoms with Crippen molar-refractivity contribution < 1.29 is 17.2 Å². The minimum absolute atomic E-state index is 0.0492. The molecule has 3 aromatic rings. The van der Waals surface area contributed by atoms with E-state index in [1.807, 2.05) is 0 Å². The Hall–Kier alpha value is -3.07. The quantitative estimate of drug-likeness (QED) is 0.572. The van der Waals surface area contributed by atoms with Crippen LogP contribution in [-0.4, -0.2) is 31.5 Å². The molecule has 4 rings (SSSR count). The van der Waals surface area contributed by atoms with Gasteiger partial charge < -0.3 is 4.90 Å². The van der Waals surface area contributed by atoms with E-state index < -0.39 is 21.7 Å². The summed E-state index contributed by atoms with van der Waals surface area (Å²) >= 11 is 0. The SMILES string of the molecule is O=S(=O)(c1ccc(F)cc1)N(Cc1ccc(F)cc1)c1cnc(N2CCCCC2)nc1. The first-order chi connectivity index (χ1) is 14.9. The van der Waals surface area contributed by atoms with Gasteiger partial charge in [0.15, 0.2) is 0 Å². The molecule has 0 N–H and O–H groups in total. The maximum absolute atomic E-state index is 13.4. The fraction of sp³-hybridized carbons (Fsp3) is 0.273. The summed E-state index contributed by atoms with van der Waals surface area (Å²) in [4.78, 5) is 10.8. The van der Waals surface area contributed by atoms with E-state index in [9.17, 15) is 17.2 Å². The predicted molar refractivity (Wildman–Crippen MR) is 114 cm³/mol. The first kappa shape index (κ1) is 21.2. The van der Waals surface area contributed by atoms with Gasteiger partial charge in [-0.2, -0.15) is 0 Å². The molecule has 0 atom stereocenters. The molecule has 0 spiro atoms. The molecule has 31 heavy (non-hydrogen) atoms. The average Bonchev–Trinajstić information content (AvgIpc) is 2.79. The van der Waals surface area contributed by atoms with E-state index in [1.54, 1.807) is 0 Å². The van der Waals surface area contributed by atoms with Crippen molar-refractivity contribution in [1.29, 1.82) is 0 Å². The molecule has 1 fully saturated rings. The Morgan fingerprint density at radius 1 is 0.839 bits per heavy atom. The summed E-state index contributed by atoms with van der Waals surface area (Å²) in [6.45, 7) is 1.69. The van der Waals surface area contributed by atoms with E-state index in [1.165, 1.54) is 55.2 Å². The second-order valence-electron chi connectivity index (χ2n) is 7.38. The molecule has 2 heterocycles. The molecule has 9 heteroatoms. The molecule has 0 unspecified atom stereocenters. The van der Waals surface area contributed by atoms with E-state index in [0.717, 1.165) is 42.4 Å². The molecular weight excluding hydrogens is 422 g/mol. The molecule has 1 aliphatic heterocycles. The largest absolute Gasteiger partial charge is 0.341 e. The molecule has 1 aliphatic rings. The number of piperidine rings is 1. The standard InChI is InChI=1S/C22H22F2N4O2S/c23-18-6-4-17(5-7-18)16-28(31(29,30)21-10-8-19(24)9-11-21)20-14-25-22(26-15-20)27-12-2-1-3-13-27/h4-11,14-15H,1-3,12-13,16H2. The van der Waals surface area contributed by atoms with Gasteiger partial charge in [-0.3, -0.25) is 4.31 Å². The highest BCUT2D eigenvalue weighted by molar-refractivity contribution is 7.92. The van der Waals surface area contributed by atoms with Gasteiger partial charge in [0.1, 0.15) is 11.6 Å². The molecular formula is C22H22F2N4O2S. The van der Waals surface area contributed by atoms with Crippen LogP contribution in [0.1, 0.15) is 24.8 Å². The highest BCUT2D eigenvalue weighted by atomic mass is 32.2. The third-order valence-corrected chi connectivity index (χ3v) is 6.98. The minimum Gasteiger partial charge on any atom is -0.341 e. The van der Waals surface area contributed by atoms with Gasteiger partial charge in [0.2, 0.25) is 5.95 Å². The van der Waals surface area contributed by atoms with Crippen LogP contribution >= 0.6 is 0 Å². The van der Waals surface area contributed by atoms with Crippen LogP contribution in [-0.2, 0) is 16.6 Å². The fourth-order valence-electron chi connectivity index (χ4n) is 3.50. The lowest BCUT2D eigenvalue weighted by Crippen LogP contribution is -2.32. The summed E-state index contributed by atoms with van der Waals surface area (Å²) in [6, 6.07) is 10.2. The van der Waals surface area contributed by atoms with Crippen molar-refractivity contribution in [3.8, 4) is 0 Å². The first-order valence-corrected chi connectivity index (χ1v) is 11.5. The zero-order valence-electron chi connectivity index (χ0n) is 16.8. The normalized spacial score (nSPS) is 14.5. The number of benzene rings is 2. The van der Waals surface area contributed by atoms with Gasteiger partial charge in [0.05, 0.1) is 29.5 Å². The number of anilines is 2. The molecule has 162 valence electrons. The molecule has 0 bridgehead atoms. The van der Waals surface area contributed by atoms with Crippen LogP contribution in [0.5, 0.6) is 0 Å². The Labute approximate surface area is 180 Å². The van der Waals surface area contributed by atoms with Crippen molar-refractivity contribution in [1.82, 2.24) is 9.97 Å². The Morgan fingerprint density at radius 3 is 1.97 bits per heavy atom. The Kier molecular flexibility index (Phi) is 6.13. The van der Waals surface area contributed by atoms with Crippen LogP contribution in [0.3, 0.4) is 0 Å². The fourth-order valence-corrected chi connectivity index (χ4v) is 4.93. The molecule has 0 aliphatic carbocycles. The zero-order chi connectivity index (χ0) is 21.8. The average molecular weight is 445 g/mol. The minimum atomic E-state index is -4.04. The van der Waals surface area contributed by atoms with Crippen molar-refractivity contribution in [3.63, 3.8) is 0 Å². The van der Waals surface area contributed by atoms with Gasteiger partial charge in [-0.05, 0) is 61.2 Å². The molecule has 6 nitrogen and oxygen atoms in total. The van der Waals surface area contributed by atoms with Crippen LogP contribution in [0.15, 0.2) is 65.8 Å². The summed E-state index contributed by atoms with van der Waals surface area (Å²) < 4.78 is 54.5. The van der Waals surface area contributed by atoms with Gasteiger partial charge in [0.25, 0.3) is 10.0 Å². The number of sulfonamides is 1. The van der Waals surface area contributed by atoms with Crippen molar-refractivity contribution in [2.75, 3.05) is 22.3 Å². The molecule has 0 radical (unpaired) electrons. The molecule has 0 saturated carbocycles. The second kappa shape index (κ2) is 8.97. The molecule has 0 amide bonds. The Balaban J connectivity index is 1.69. The maximum atomic E-state index is 13.4. The van der Waals surface area contributed by atoms with E-state index in [0.29, 0.717) is 11.5 Å². The van der Waals surface area contributed by atoms with Crippen molar-refractivity contribution >= 4 is 21.7 Å². The monoisotopic (exact) mass is 444 g/mol. The first-order valence-electron chi connectivity index (χ1n) is 10.0. The van der Waals surface area contributed by atoms with E-state index in [-0.39, 0.29) is 17.1 Å². The predicted octanol–water partition coefficient (Wildman–Crippen LogP) is 4.14. The number of rotatable bonds is 6. The maximum Gasteiger partial charge on any atom is 0.264 e. The highest BCUT2D eigenvalue weighted by Crippen LogP contribution is 2.26. The summed E-state index contributed by atoms with van der Waals surface area (Å²) in [6.07, 6.45) is 6.26. The van der Waals surface area contributed by atoms with Crippen LogP contribution in [0, 0.1) is 11.6 Å².